The Hall–Kier alpha value is -1.82. The maximum atomic E-state index is 11.6. The zero-order valence-corrected chi connectivity index (χ0v) is 8.95. The summed E-state index contributed by atoms with van der Waals surface area (Å²) in [5.41, 5.74) is 1.16. The maximum Gasteiger partial charge on any atom is 0.251 e. The van der Waals surface area contributed by atoms with Gasteiger partial charge in [-0.25, -0.2) is 0 Å². The molecule has 0 unspecified atom stereocenters. The van der Waals surface area contributed by atoms with Crippen LogP contribution in [0.25, 0.3) is 0 Å². The van der Waals surface area contributed by atoms with Gasteiger partial charge in [-0.3, -0.25) is 4.79 Å². The van der Waals surface area contributed by atoms with Crippen molar-refractivity contribution < 1.29 is 4.79 Å². The summed E-state index contributed by atoms with van der Waals surface area (Å²) >= 11 is 0. The van der Waals surface area contributed by atoms with Gasteiger partial charge in [-0.15, -0.1) is 0 Å². The third kappa shape index (κ3) is 3.43. The van der Waals surface area contributed by atoms with Gasteiger partial charge in [-0.05, 0) is 30.2 Å². The van der Waals surface area contributed by atoms with Crippen LogP contribution in [0.15, 0.2) is 24.3 Å². The summed E-state index contributed by atoms with van der Waals surface area (Å²) in [5.74, 6) is 0.348. The van der Waals surface area contributed by atoms with Crippen molar-refractivity contribution in [3.63, 3.8) is 0 Å². The van der Waals surface area contributed by atoms with Gasteiger partial charge in [-0.2, -0.15) is 5.26 Å². The van der Waals surface area contributed by atoms with Crippen LogP contribution in [-0.2, 0) is 0 Å². The van der Waals surface area contributed by atoms with Crippen molar-refractivity contribution in [1.82, 2.24) is 5.32 Å². The largest absolute Gasteiger partial charge is 0.352 e. The van der Waals surface area contributed by atoms with E-state index in [0.29, 0.717) is 23.6 Å². The molecule has 0 saturated carbocycles. The molecule has 1 aromatic rings. The van der Waals surface area contributed by atoms with Gasteiger partial charge in [0.25, 0.3) is 5.91 Å². The van der Waals surface area contributed by atoms with E-state index in [1.54, 1.807) is 24.3 Å². The zero-order chi connectivity index (χ0) is 11.3. The first-order chi connectivity index (χ1) is 7.13. The highest BCUT2D eigenvalue weighted by molar-refractivity contribution is 5.94. The van der Waals surface area contributed by atoms with Crippen molar-refractivity contribution >= 4 is 5.91 Å². The lowest BCUT2D eigenvalue weighted by Crippen LogP contribution is -2.27. The maximum absolute atomic E-state index is 11.6. The van der Waals surface area contributed by atoms with Gasteiger partial charge >= 0.3 is 0 Å². The number of hydrogen-bond acceptors (Lipinski definition) is 2. The average Bonchev–Trinajstić information content (AvgIpc) is 2.26. The van der Waals surface area contributed by atoms with Crippen LogP contribution in [0, 0.1) is 17.2 Å². The van der Waals surface area contributed by atoms with E-state index in [9.17, 15) is 4.79 Å². The molecule has 0 spiro atoms. The molecule has 0 atom stereocenters. The first kappa shape index (κ1) is 11.3. The Morgan fingerprint density at radius 2 is 2.00 bits per heavy atom. The number of benzene rings is 1. The number of nitriles is 1. The van der Waals surface area contributed by atoms with E-state index < -0.39 is 0 Å². The summed E-state index contributed by atoms with van der Waals surface area (Å²) in [5, 5.41) is 11.4. The molecule has 0 bridgehead atoms. The molecule has 0 aromatic heterocycles. The van der Waals surface area contributed by atoms with Crippen LogP contribution < -0.4 is 5.32 Å². The Labute approximate surface area is 89.7 Å². The lowest BCUT2D eigenvalue weighted by atomic mass is 10.1. The Bertz CT molecular complexity index is 374. The van der Waals surface area contributed by atoms with Crippen LogP contribution in [0.4, 0.5) is 0 Å². The predicted molar refractivity (Wildman–Crippen MR) is 58.3 cm³/mol. The van der Waals surface area contributed by atoms with Crippen molar-refractivity contribution in [2.24, 2.45) is 5.92 Å². The van der Waals surface area contributed by atoms with E-state index in [1.807, 2.05) is 19.9 Å². The van der Waals surface area contributed by atoms with Gasteiger partial charge in [0.2, 0.25) is 0 Å². The monoisotopic (exact) mass is 202 g/mol. The van der Waals surface area contributed by atoms with Crippen LogP contribution in [0.5, 0.6) is 0 Å². The molecule has 78 valence electrons. The summed E-state index contributed by atoms with van der Waals surface area (Å²) in [6.45, 7) is 4.75. The fourth-order valence-electron chi connectivity index (χ4n) is 1.10. The van der Waals surface area contributed by atoms with Crippen molar-refractivity contribution in [1.29, 1.82) is 5.26 Å². The van der Waals surface area contributed by atoms with Crippen LogP contribution in [0.1, 0.15) is 29.8 Å². The summed E-state index contributed by atoms with van der Waals surface area (Å²) in [6.07, 6.45) is 0. The fourth-order valence-corrected chi connectivity index (χ4v) is 1.10. The number of amides is 1. The zero-order valence-electron chi connectivity index (χ0n) is 8.95. The predicted octanol–water partition coefficient (Wildman–Crippen LogP) is 1.94. The second-order valence-corrected chi connectivity index (χ2v) is 3.79. The van der Waals surface area contributed by atoms with Gasteiger partial charge in [-0.1, -0.05) is 13.8 Å². The van der Waals surface area contributed by atoms with E-state index in [0.717, 1.165) is 0 Å². The van der Waals surface area contributed by atoms with E-state index in [1.165, 1.54) is 0 Å². The Morgan fingerprint density at radius 3 is 2.47 bits per heavy atom. The molecular formula is C12H14N2O. The average molecular weight is 202 g/mol. The van der Waals surface area contributed by atoms with Crippen molar-refractivity contribution in [3.05, 3.63) is 35.4 Å². The van der Waals surface area contributed by atoms with Gasteiger partial charge < -0.3 is 5.32 Å². The summed E-state index contributed by atoms with van der Waals surface area (Å²) < 4.78 is 0. The van der Waals surface area contributed by atoms with Crippen molar-refractivity contribution in [3.8, 4) is 6.07 Å². The number of carbonyl (C=O) groups is 1. The molecule has 1 rings (SSSR count). The molecular weight excluding hydrogens is 188 g/mol. The molecule has 0 aliphatic rings. The normalized spacial score (nSPS) is 9.73. The van der Waals surface area contributed by atoms with Crippen molar-refractivity contribution in [2.45, 2.75) is 13.8 Å². The van der Waals surface area contributed by atoms with E-state index >= 15 is 0 Å². The number of nitrogens with one attached hydrogen (secondary N) is 1. The van der Waals surface area contributed by atoms with Crippen molar-refractivity contribution in [2.75, 3.05) is 6.54 Å². The second-order valence-electron chi connectivity index (χ2n) is 3.79. The van der Waals surface area contributed by atoms with Gasteiger partial charge in [0.05, 0.1) is 11.6 Å². The standard InChI is InChI=1S/C12H14N2O/c1-9(2)8-14-12(15)11-5-3-10(7-13)4-6-11/h3-6,9H,8H2,1-2H3,(H,14,15). The molecule has 0 heterocycles. The number of nitrogens with zero attached hydrogens (tertiary/aromatic N) is 1. The first-order valence-corrected chi connectivity index (χ1v) is 4.92. The summed E-state index contributed by atoms with van der Waals surface area (Å²) in [6, 6.07) is 8.62. The lowest BCUT2D eigenvalue weighted by Gasteiger charge is -2.07. The Morgan fingerprint density at radius 1 is 1.40 bits per heavy atom. The van der Waals surface area contributed by atoms with Gasteiger partial charge in [0.15, 0.2) is 0 Å². The third-order valence-electron chi connectivity index (χ3n) is 1.95. The minimum absolute atomic E-state index is 0.0896. The van der Waals surface area contributed by atoms with E-state index in [4.69, 9.17) is 5.26 Å². The molecule has 1 N–H and O–H groups in total. The van der Waals surface area contributed by atoms with Gasteiger partial charge in [0, 0.05) is 12.1 Å². The van der Waals surface area contributed by atoms with E-state index in [2.05, 4.69) is 5.32 Å². The topological polar surface area (TPSA) is 52.9 Å². The Kier molecular flexibility index (Phi) is 3.87. The minimum atomic E-state index is -0.0896. The molecule has 3 heteroatoms. The van der Waals surface area contributed by atoms with Crippen LogP contribution in [0.3, 0.4) is 0 Å². The molecule has 0 aliphatic carbocycles. The molecule has 0 saturated heterocycles. The molecule has 0 radical (unpaired) electrons. The first-order valence-electron chi connectivity index (χ1n) is 4.92. The minimum Gasteiger partial charge on any atom is -0.352 e. The highest BCUT2D eigenvalue weighted by atomic mass is 16.1. The second kappa shape index (κ2) is 5.16. The van der Waals surface area contributed by atoms with Crippen LogP contribution in [0.2, 0.25) is 0 Å². The molecule has 1 amide bonds. The SMILES string of the molecule is CC(C)CNC(=O)c1ccc(C#N)cc1. The van der Waals surface area contributed by atoms with E-state index in [-0.39, 0.29) is 5.91 Å². The highest BCUT2D eigenvalue weighted by Gasteiger charge is 2.05. The summed E-state index contributed by atoms with van der Waals surface area (Å²) in [7, 11) is 0. The Balaban J connectivity index is 2.63. The summed E-state index contributed by atoms with van der Waals surface area (Å²) in [4.78, 5) is 11.6. The smallest absolute Gasteiger partial charge is 0.251 e. The number of rotatable bonds is 3. The quantitative estimate of drug-likeness (QED) is 0.814. The lowest BCUT2D eigenvalue weighted by molar-refractivity contribution is 0.0949. The molecule has 3 nitrogen and oxygen atoms in total. The molecule has 0 aliphatic heterocycles. The van der Waals surface area contributed by atoms with Crippen LogP contribution >= 0.6 is 0 Å². The molecule has 1 aromatic carbocycles. The van der Waals surface area contributed by atoms with Crippen LogP contribution in [-0.4, -0.2) is 12.5 Å². The number of carbonyl (C=O) groups excluding carboxylic acids is 1. The highest BCUT2D eigenvalue weighted by Crippen LogP contribution is 2.03. The number of hydrogen-bond donors (Lipinski definition) is 1. The third-order valence-corrected chi connectivity index (χ3v) is 1.95. The fraction of sp³-hybridized carbons (Fsp3) is 0.333. The molecule has 0 fully saturated rings. The molecule has 15 heavy (non-hydrogen) atoms. The van der Waals surface area contributed by atoms with Gasteiger partial charge in [0.1, 0.15) is 0 Å².